The number of benzene rings is 4. The summed E-state index contributed by atoms with van der Waals surface area (Å²) in [4.78, 5) is 2.40. The van der Waals surface area contributed by atoms with E-state index in [4.69, 9.17) is 4.74 Å². The summed E-state index contributed by atoms with van der Waals surface area (Å²) >= 11 is 0. The van der Waals surface area contributed by atoms with E-state index in [1.807, 2.05) is 25.1 Å². The fraction of sp³-hybridized carbons (Fsp3) is 0.290. The molecule has 1 aliphatic heterocycles. The number of para-hydroxylation sites is 1. The van der Waals surface area contributed by atoms with Crippen molar-refractivity contribution in [3.05, 3.63) is 113 Å². The lowest BCUT2D eigenvalue weighted by Gasteiger charge is -2.33. The van der Waals surface area contributed by atoms with E-state index in [9.17, 15) is 4.39 Å². The van der Waals surface area contributed by atoms with Crippen molar-refractivity contribution < 1.29 is 9.13 Å². The molecule has 174 valence electrons. The Balaban J connectivity index is 1.23. The second-order valence-electron chi connectivity index (χ2n) is 9.59. The SMILES string of the molecule is Cc1cc(C2CC(CCCN(C)Cc3cccc4ccccc34)Oc3ccccc32)ccc1F. The first-order valence-corrected chi connectivity index (χ1v) is 12.3. The lowest BCUT2D eigenvalue weighted by molar-refractivity contribution is 0.147. The monoisotopic (exact) mass is 453 g/mol. The molecule has 4 aromatic carbocycles. The average molecular weight is 454 g/mol. The zero-order valence-corrected chi connectivity index (χ0v) is 20.0. The fourth-order valence-corrected chi connectivity index (χ4v) is 5.26. The van der Waals surface area contributed by atoms with Crippen molar-refractivity contribution in [1.29, 1.82) is 0 Å². The highest BCUT2D eigenvalue weighted by Crippen LogP contribution is 2.41. The van der Waals surface area contributed by atoms with Gasteiger partial charge in [-0.3, -0.25) is 0 Å². The molecule has 0 aliphatic carbocycles. The van der Waals surface area contributed by atoms with Gasteiger partial charge in [0.15, 0.2) is 0 Å². The van der Waals surface area contributed by atoms with Crippen molar-refractivity contribution in [3.63, 3.8) is 0 Å². The highest BCUT2D eigenvalue weighted by atomic mass is 19.1. The van der Waals surface area contributed by atoms with Crippen molar-refractivity contribution in [2.24, 2.45) is 0 Å². The predicted molar refractivity (Wildman–Crippen MR) is 138 cm³/mol. The number of fused-ring (bicyclic) bond motifs is 2. The van der Waals surface area contributed by atoms with Gasteiger partial charge in [0.25, 0.3) is 0 Å². The Bertz CT molecular complexity index is 1280. The number of hydrogen-bond acceptors (Lipinski definition) is 2. The van der Waals surface area contributed by atoms with Crippen LogP contribution in [0.5, 0.6) is 5.75 Å². The molecule has 1 heterocycles. The van der Waals surface area contributed by atoms with Crippen LogP contribution in [0.15, 0.2) is 84.9 Å². The Morgan fingerprint density at radius 1 is 0.941 bits per heavy atom. The minimum Gasteiger partial charge on any atom is -0.490 e. The van der Waals surface area contributed by atoms with Crippen LogP contribution in [-0.4, -0.2) is 24.6 Å². The van der Waals surface area contributed by atoms with Gasteiger partial charge in [-0.15, -0.1) is 0 Å². The van der Waals surface area contributed by atoms with E-state index < -0.39 is 0 Å². The maximum absolute atomic E-state index is 13.9. The molecule has 2 atom stereocenters. The van der Waals surface area contributed by atoms with Crippen LogP contribution in [0.4, 0.5) is 4.39 Å². The van der Waals surface area contributed by atoms with E-state index in [0.29, 0.717) is 5.56 Å². The summed E-state index contributed by atoms with van der Waals surface area (Å²) in [5, 5.41) is 2.63. The third-order valence-electron chi connectivity index (χ3n) is 7.06. The summed E-state index contributed by atoms with van der Waals surface area (Å²) in [6, 6.07) is 29.0. The molecule has 0 aromatic heterocycles. The molecule has 0 N–H and O–H groups in total. The second kappa shape index (κ2) is 9.99. The van der Waals surface area contributed by atoms with Gasteiger partial charge >= 0.3 is 0 Å². The van der Waals surface area contributed by atoms with Crippen LogP contribution in [0.2, 0.25) is 0 Å². The molecule has 0 fully saturated rings. The summed E-state index contributed by atoms with van der Waals surface area (Å²) in [6.45, 7) is 3.80. The molecule has 1 aliphatic rings. The molecule has 0 saturated carbocycles. The highest BCUT2D eigenvalue weighted by molar-refractivity contribution is 5.85. The molecule has 0 amide bonds. The summed E-state index contributed by atoms with van der Waals surface area (Å²) < 4.78 is 20.3. The van der Waals surface area contributed by atoms with Gasteiger partial charge in [0.2, 0.25) is 0 Å². The second-order valence-corrected chi connectivity index (χ2v) is 9.59. The topological polar surface area (TPSA) is 12.5 Å². The van der Waals surface area contributed by atoms with Crippen LogP contribution in [0.25, 0.3) is 10.8 Å². The molecule has 34 heavy (non-hydrogen) atoms. The number of aryl methyl sites for hydroxylation is 1. The lowest BCUT2D eigenvalue weighted by Crippen LogP contribution is -2.28. The van der Waals surface area contributed by atoms with Crippen molar-refractivity contribution >= 4 is 10.8 Å². The first kappa shape index (κ1) is 22.6. The Morgan fingerprint density at radius 2 is 1.74 bits per heavy atom. The Labute approximate surface area is 202 Å². The highest BCUT2D eigenvalue weighted by Gasteiger charge is 2.29. The minimum absolute atomic E-state index is 0.144. The molecule has 5 rings (SSSR count). The normalized spacial score (nSPS) is 17.5. The molecular weight excluding hydrogens is 421 g/mol. The predicted octanol–water partition coefficient (Wildman–Crippen LogP) is 7.48. The molecule has 2 unspecified atom stereocenters. The Hall–Kier alpha value is -3.17. The summed E-state index contributed by atoms with van der Waals surface area (Å²) in [5.41, 5.74) is 4.45. The van der Waals surface area contributed by atoms with Crippen molar-refractivity contribution in [3.8, 4) is 5.75 Å². The van der Waals surface area contributed by atoms with Gasteiger partial charge in [0, 0.05) is 18.0 Å². The van der Waals surface area contributed by atoms with Crippen LogP contribution < -0.4 is 4.74 Å². The van der Waals surface area contributed by atoms with Crippen LogP contribution in [0, 0.1) is 12.7 Å². The quantitative estimate of drug-likeness (QED) is 0.288. The fourth-order valence-electron chi connectivity index (χ4n) is 5.26. The maximum atomic E-state index is 13.9. The molecular formula is C31H32FNO. The van der Waals surface area contributed by atoms with Crippen LogP contribution in [-0.2, 0) is 6.54 Å². The van der Waals surface area contributed by atoms with E-state index in [2.05, 4.69) is 72.6 Å². The summed E-state index contributed by atoms with van der Waals surface area (Å²) in [6.07, 6.45) is 3.17. The van der Waals surface area contributed by atoms with Crippen LogP contribution in [0.1, 0.15) is 47.4 Å². The smallest absolute Gasteiger partial charge is 0.126 e. The average Bonchev–Trinajstić information content (AvgIpc) is 2.85. The number of rotatable bonds is 7. The van der Waals surface area contributed by atoms with Gasteiger partial charge in [-0.25, -0.2) is 4.39 Å². The molecule has 3 heteroatoms. The zero-order chi connectivity index (χ0) is 23.5. The number of ether oxygens (including phenoxy) is 1. The molecule has 0 saturated heterocycles. The van der Waals surface area contributed by atoms with Crippen molar-refractivity contribution in [2.45, 2.75) is 44.8 Å². The van der Waals surface area contributed by atoms with Crippen molar-refractivity contribution in [1.82, 2.24) is 4.90 Å². The molecule has 4 aromatic rings. The first-order valence-electron chi connectivity index (χ1n) is 12.3. The van der Waals surface area contributed by atoms with E-state index in [1.165, 1.54) is 27.5 Å². The molecule has 0 radical (unpaired) electrons. The zero-order valence-electron chi connectivity index (χ0n) is 20.0. The minimum atomic E-state index is -0.144. The largest absolute Gasteiger partial charge is 0.490 e. The Kier molecular flexibility index (Phi) is 6.64. The van der Waals surface area contributed by atoms with Gasteiger partial charge in [0.05, 0.1) is 6.10 Å². The lowest BCUT2D eigenvalue weighted by atomic mass is 9.83. The van der Waals surface area contributed by atoms with E-state index in [1.54, 1.807) is 6.07 Å². The van der Waals surface area contributed by atoms with Crippen molar-refractivity contribution in [2.75, 3.05) is 13.6 Å². The summed E-state index contributed by atoms with van der Waals surface area (Å²) in [7, 11) is 2.20. The molecule has 0 bridgehead atoms. The van der Waals surface area contributed by atoms with Crippen LogP contribution in [0.3, 0.4) is 0 Å². The summed E-state index contributed by atoms with van der Waals surface area (Å²) in [5.74, 6) is 1.06. The number of nitrogens with zero attached hydrogens (tertiary/aromatic N) is 1. The van der Waals surface area contributed by atoms with Gasteiger partial charge in [-0.1, -0.05) is 72.8 Å². The molecule has 0 spiro atoms. The standard InChI is InChI=1S/C31H32FNO/c1-22-19-24(16-17-30(22)32)29-20-26(34-31-15-6-5-14-28(29)31)12-8-18-33(2)21-25-11-7-10-23-9-3-4-13-27(23)25/h3-7,9-11,13-17,19,26,29H,8,12,18,20-21H2,1-2H3. The Morgan fingerprint density at radius 3 is 2.62 bits per heavy atom. The van der Waals surface area contributed by atoms with Gasteiger partial charge in [-0.2, -0.15) is 0 Å². The molecule has 2 nitrogen and oxygen atoms in total. The van der Waals surface area contributed by atoms with Gasteiger partial charge < -0.3 is 9.64 Å². The third kappa shape index (κ3) is 4.85. The van der Waals surface area contributed by atoms with E-state index >= 15 is 0 Å². The van der Waals surface area contributed by atoms with E-state index in [-0.39, 0.29) is 17.8 Å². The number of halogens is 1. The third-order valence-corrected chi connectivity index (χ3v) is 7.06. The first-order chi connectivity index (χ1) is 16.6. The number of hydrogen-bond donors (Lipinski definition) is 0. The van der Waals surface area contributed by atoms with Gasteiger partial charge in [0.1, 0.15) is 11.6 Å². The van der Waals surface area contributed by atoms with Crippen LogP contribution >= 0.6 is 0 Å². The van der Waals surface area contributed by atoms with E-state index in [0.717, 1.165) is 38.1 Å². The maximum Gasteiger partial charge on any atom is 0.126 e. The van der Waals surface area contributed by atoms with Gasteiger partial charge in [-0.05, 0) is 79.4 Å².